The average Bonchev–Trinajstić information content (AvgIpc) is 2.58. The maximum atomic E-state index is 11.2. The van der Waals surface area contributed by atoms with E-state index in [9.17, 15) is 20.1 Å². The Kier molecular flexibility index (Phi) is 11.5. The lowest BCUT2D eigenvalue weighted by atomic mass is 9.99. The first-order valence-electron chi connectivity index (χ1n) is 9.89. The number of aliphatic hydroxyl groups excluding tert-OH is 1. The Labute approximate surface area is 157 Å². The average molecular weight is 363 g/mol. The van der Waals surface area contributed by atoms with E-state index in [-0.39, 0.29) is 17.4 Å². The monoisotopic (exact) mass is 362 g/mol. The van der Waals surface area contributed by atoms with E-state index in [0.29, 0.717) is 6.42 Å². The van der Waals surface area contributed by atoms with Gasteiger partial charge in [-0.3, -0.25) is 0 Å². The molecule has 0 amide bonds. The van der Waals surface area contributed by atoms with Crippen molar-refractivity contribution < 1.29 is 20.1 Å². The number of rotatable bonds is 14. The van der Waals surface area contributed by atoms with Gasteiger partial charge in [0.05, 0.1) is 6.10 Å². The van der Waals surface area contributed by atoms with Crippen LogP contribution in [0.25, 0.3) is 0 Å². The summed E-state index contributed by atoms with van der Waals surface area (Å²) in [5, 5.41) is 28.0. The standard InChI is InChI=1S/C22H34O4/c1-18(23)14-11-9-7-5-3-2-4-6-8-10-12-15-19-16-13-17-20(24)21(19)22(25)26/h3,5,13,16-18,23-24H,2,4,6-12,14-15H2,1H3,(H,25,26)/b5-3-. The Hall–Kier alpha value is -1.81. The van der Waals surface area contributed by atoms with E-state index in [1.807, 2.05) is 6.92 Å². The van der Waals surface area contributed by atoms with Gasteiger partial charge in [-0.25, -0.2) is 4.79 Å². The summed E-state index contributed by atoms with van der Waals surface area (Å²) in [7, 11) is 0. The SMILES string of the molecule is CC(O)CCCC/C=C\CCCCCCCc1cccc(O)c1C(=O)O. The van der Waals surface area contributed by atoms with Crippen LogP contribution in [0.3, 0.4) is 0 Å². The number of hydrogen-bond acceptors (Lipinski definition) is 3. The van der Waals surface area contributed by atoms with Crippen molar-refractivity contribution in [3.05, 3.63) is 41.5 Å². The number of aromatic hydroxyl groups is 1. The minimum Gasteiger partial charge on any atom is -0.507 e. The summed E-state index contributed by atoms with van der Waals surface area (Å²) < 4.78 is 0. The van der Waals surface area contributed by atoms with Crippen LogP contribution in [-0.2, 0) is 6.42 Å². The molecule has 0 saturated heterocycles. The van der Waals surface area contributed by atoms with Gasteiger partial charge in [-0.1, -0.05) is 50.0 Å². The second kappa shape index (κ2) is 13.4. The van der Waals surface area contributed by atoms with Gasteiger partial charge in [0, 0.05) is 0 Å². The maximum Gasteiger partial charge on any atom is 0.339 e. The van der Waals surface area contributed by atoms with Gasteiger partial charge in [-0.05, 0) is 63.5 Å². The van der Waals surface area contributed by atoms with E-state index in [0.717, 1.165) is 56.9 Å². The van der Waals surface area contributed by atoms with E-state index in [1.54, 1.807) is 12.1 Å². The molecule has 0 aromatic heterocycles. The quantitative estimate of drug-likeness (QED) is 0.303. The van der Waals surface area contributed by atoms with Gasteiger partial charge in [0.2, 0.25) is 0 Å². The van der Waals surface area contributed by atoms with Crippen LogP contribution >= 0.6 is 0 Å². The zero-order chi connectivity index (χ0) is 19.2. The van der Waals surface area contributed by atoms with Gasteiger partial charge in [-0.15, -0.1) is 0 Å². The summed E-state index contributed by atoms with van der Waals surface area (Å²) in [5.41, 5.74) is 0.766. The van der Waals surface area contributed by atoms with E-state index in [4.69, 9.17) is 0 Å². The van der Waals surface area contributed by atoms with Crippen LogP contribution in [0.4, 0.5) is 0 Å². The van der Waals surface area contributed by atoms with Crippen LogP contribution in [0.5, 0.6) is 5.75 Å². The first-order valence-corrected chi connectivity index (χ1v) is 9.89. The molecule has 146 valence electrons. The maximum absolute atomic E-state index is 11.2. The molecule has 0 aliphatic rings. The van der Waals surface area contributed by atoms with E-state index in [2.05, 4.69) is 12.2 Å². The van der Waals surface area contributed by atoms with E-state index in [1.165, 1.54) is 18.9 Å². The number of carbonyl (C=O) groups is 1. The molecule has 0 saturated carbocycles. The molecule has 1 aromatic carbocycles. The molecule has 0 aliphatic heterocycles. The zero-order valence-electron chi connectivity index (χ0n) is 16.0. The lowest BCUT2D eigenvalue weighted by molar-refractivity contribution is 0.0692. The summed E-state index contributed by atoms with van der Waals surface area (Å²) in [5.74, 6) is -1.21. The fourth-order valence-electron chi connectivity index (χ4n) is 3.09. The summed E-state index contributed by atoms with van der Waals surface area (Å²) in [6.07, 6.45) is 15.9. The normalized spacial score (nSPS) is 12.5. The number of aliphatic hydroxyl groups is 1. The largest absolute Gasteiger partial charge is 0.507 e. The fourth-order valence-corrected chi connectivity index (χ4v) is 3.09. The van der Waals surface area contributed by atoms with Crippen molar-refractivity contribution in [3.8, 4) is 5.75 Å². The van der Waals surface area contributed by atoms with Crippen molar-refractivity contribution >= 4 is 5.97 Å². The summed E-state index contributed by atoms with van der Waals surface area (Å²) >= 11 is 0. The summed E-state index contributed by atoms with van der Waals surface area (Å²) in [6.45, 7) is 1.84. The van der Waals surface area contributed by atoms with Gasteiger partial charge >= 0.3 is 5.97 Å². The molecule has 26 heavy (non-hydrogen) atoms. The molecular weight excluding hydrogens is 328 g/mol. The zero-order valence-corrected chi connectivity index (χ0v) is 16.0. The molecule has 1 unspecified atom stereocenters. The van der Waals surface area contributed by atoms with Crippen molar-refractivity contribution in [2.75, 3.05) is 0 Å². The molecule has 1 rings (SSSR count). The van der Waals surface area contributed by atoms with Crippen LogP contribution in [0.15, 0.2) is 30.4 Å². The summed E-state index contributed by atoms with van der Waals surface area (Å²) in [4.78, 5) is 11.2. The highest BCUT2D eigenvalue weighted by atomic mass is 16.4. The third kappa shape index (κ3) is 9.62. The number of allylic oxidation sites excluding steroid dienone is 2. The van der Waals surface area contributed by atoms with E-state index < -0.39 is 5.97 Å². The third-order valence-electron chi connectivity index (χ3n) is 4.57. The topological polar surface area (TPSA) is 77.8 Å². The van der Waals surface area contributed by atoms with Gasteiger partial charge in [-0.2, -0.15) is 0 Å². The Bertz CT molecular complexity index is 549. The van der Waals surface area contributed by atoms with Gasteiger partial charge in [0.25, 0.3) is 0 Å². The van der Waals surface area contributed by atoms with Crippen molar-refractivity contribution in [2.45, 2.75) is 83.7 Å². The van der Waals surface area contributed by atoms with Crippen molar-refractivity contribution in [1.82, 2.24) is 0 Å². The Morgan fingerprint density at radius 1 is 1.00 bits per heavy atom. The molecule has 3 N–H and O–H groups in total. The first-order chi connectivity index (χ1) is 12.5. The van der Waals surface area contributed by atoms with Crippen molar-refractivity contribution in [2.24, 2.45) is 0 Å². The van der Waals surface area contributed by atoms with Crippen molar-refractivity contribution in [3.63, 3.8) is 0 Å². The molecule has 0 radical (unpaired) electrons. The Morgan fingerprint density at radius 2 is 1.62 bits per heavy atom. The predicted octanol–water partition coefficient (Wildman–Crippen LogP) is 5.47. The highest BCUT2D eigenvalue weighted by Gasteiger charge is 2.14. The molecule has 0 aliphatic carbocycles. The smallest absolute Gasteiger partial charge is 0.339 e. The molecule has 4 nitrogen and oxygen atoms in total. The second-order valence-corrected chi connectivity index (χ2v) is 7.03. The summed E-state index contributed by atoms with van der Waals surface area (Å²) in [6, 6.07) is 4.91. The van der Waals surface area contributed by atoms with E-state index >= 15 is 0 Å². The number of benzene rings is 1. The Morgan fingerprint density at radius 3 is 2.27 bits per heavy atom. The number of carboxylic acids is 1. The minimum absolute atomic E-state index is 0.0473. The van der Waals surface area contributed by atoms with Gasteiger partial charge < -0.3 is 15.3 Å². The predicted molar refractivity (Wildman–Crippen MR) is 106 cm³/mol. The molecule has 0 bridgehead atoms. The number of aromatic carboxylic acids is 1. The van der Waals surface area contributed by atoms with Crippen LogP contribution in [-0.4, -0.2) is 27.4 Å². The van der Waals surface area contributed by atoms with Crippen LogP contribution in [0, 0.1) is 0 Å². The highest BCUT2D eigenvalue weighted by Crippen LogP contribution is 2.23. The van der Waals surface area contributed by atoms with Crippen LogP contribution < -0.4 is 0 Å². The molecule has 4 heteroatoms. The molecule has 1 aromatic rings. The molecular formula is C22H34O4. The Balaban J connectivity index is 2.05. The van der Waals surface area contributed by atoms with Crippen LogP contribution in [0.2, 0.25) is 0 Å². The number of aryl methyl sites for hydroxylation is 1. The highest BCUT2D eigenvalue weighted by molar-refractivity contribution is 5.92. The minimum atomic E-state index is -1.06. The molecule has 0 fully saturated rings. The second-order valence-electron chi connectivity index (χ2n) is 7.03. The third-order valence-corrected chi connectivity index (χ3v) is 4.57. The first kappa shape index (κ1) is 22.2. The molecule has 0 heterocycles. The number of hydrogen-bond donors (Lipinski definition) is 3. The number of carboxylic acid groups (broad SMARTS) is 1. The van der Waals surface area contributed by atoms with Crippen LogP contribution in [0.1, 0.15) is 87.1 Å². The number of phenols is 1. The lowest BCUT2D eigenvalue weighted by Gasteiger charge is -2.07. The lowest BCUT2D eigenvalue weighted by Crippen LogP contribution is -2.03. The van der Waals surface area contributed by atoms with Gasteiger partial charge in [0.15, 0.2) is 0 Å². The molecule has 0 spiro atoms. The molecule has 1 atom stereocenters. The number of unbranched alkanes of at least 4 members (excludes halogenated alkanes) is 7. The van der Waals surface area contributed by atoms with Crippen molar-refractivity contribution in [1.29, 1.82) is 0 Å². The van der Waals surface area contributed by atoms with Gasteiger partial charge in [0.1, 0.15) is 11.3 Å². The fraction of sp³-hybridized carbons (Fsp3) is 0.591.